The highest BCUT2D eigenvalue weighted by Crippen LogP contribution is 2.42. The molecule has 0 spiro atoms. The second-order valence-electron chi connectivity index (χ2n) is 11.9. The molecule has 3 aromatic carbocycles. The minimum atomic E-state index is -0.860. The molecule has 5 aliphatic rings. The first kappa shape index (κ1) is 24.3. The van der Waals surface area contributed by atoms with E-state index in [0.29, 0.717) is 47.4 Å². The number of alkyl halides is 1. The van der Waals surface area contributed by atoms with Crippen LogP contribution >= 0.6 is 0 Å². The monoisotopic (exact) mass is 543 g/mol. The Labute approximate surface area is 230 Å². The number of fused-ring (bicyclic) bond motifs is 5. The number of anilines is 1. The van der Waals surface area contributed by atoms with Gasteiger partial charge in [0, 0.05) is 49.1 Å². The largest absolute Gasteiger partial charge is 0.508 e. The molecule has 6 heterocycles. The van der Waals surface area contributed by atoms with Crippen LogP contribution in [0.4, 0.5) is 14.6 Å². The molecule has 5 aliphatic heterocycles. The van der Waals surface area contributed by atoms with Crippen LogP contribution < -0.4 is 15.0 Å². The van der Waals surface area contributed by atoms with Crippen molar-refractivity contribution in [1.29, 1.82) is 0 Å². The van der Waals surface area contributed by atoms with Crippen molar-refractivity contribution >= 4 is 27.5 Å². The fourth-order valence-corrected chi connectivity index (χ4v) is 7.49. The summed E-state index contributed by atoms with van der Waals surface area (Å²) in [6, 6.07) is 15.4. The average molecular weight is 544 g/mol. The Balaban J connectivity index is 1.24. The number of piperidine rings is 1. The lowest BCUT2D eigenvalue weighted by molar-refractivity contribution is 0.107. The van der Waals surface area contributed by atoms with Crippen LogP contribution in [0.3, 0.4) is 0 Å². The number of ether oxygens (including phenoxy) is 1. The molecule has 0 saturated carbocycles. The summed E-state index contributed by atoms with van der Waals surface area (Å²) in [6.45, 7) is 3.15. The minimum Gasteiger partial charge on any atom is -0.508 e. The number of nitrogens with one attached hydrogen (secondary N) is 1. The van der Waals surface area contributed by atoms with E-state index >= 15 is 4.39 Å². The molecule has 9 rings (SSSR count). The number of rotatable bonds is 5. The first-order valence-electron chi connectivity index (χ1n) is 14.2. The molecule has 4 aromatic rings. The van der Waals surface area contributed by atoms with Gasteiger partial charge in [0.25, 0.3) is 0 Å². The molecule has 0 unspecified atom stereocenters. The Kier molecular flexibility index (Phi) is 5.44. The normalized spacial score (nSPS) is 27.8. The second kappa shape index (κ2) is 8.97. The number of benzene rings is 3. The summed E-state index contributed by atoms with van der Waals surface area (Å²) in [7, 11) is 0. The third-order valence-electron chi connectivity index (χ3n) is 9.36. The Hall–Kier alpha value is -3.56. The maximum absolute atomic E-state index is 16.5. The van der Waals surface area contributed by atoms with E-state index in [-0.39, 0.29) is 29.4 Å². The van der Waals surface area contributed by atoms with Gasteiger partial charge < -0.3 is 20.1 Å². The molecule has 4 atom stereocenters. The molecular formula is C31H31F2N5O2. The van der Waals surface area contributed by atoms with Gasteiger partial charge in [-0.05, 0) is 60.3 Å². The van der Waals surface area contributed by atoms with Crippen molar-refractivity contribution in [1.82, 2.24) is 20.2 Å². The van der Waals surface area contributed by atoms with Gasteiger partial charge in [-0.2, -0.15) is 9.97 Å². The zero-order chi connectivity index (χ0) is 27.0. The van der Waals surface area contributed by atoms with Gasteiger partial charge in [0.2, 0.25) is 0 Å². The summed E-state index contributed by atoms with van der Waals surface area (Å²) >= 11 is 0. The highest BCUT2D eigenvalue weighted by atomic mass is 19.1. The number of nitrogens with zero attached hydrogens (tertiary/aromatic N) is 4. The summed E-state index contributed by atoms with van der Waals surface area (Å²) in [6.07, 6.45) is 2.60. The van der Waals surface area contributed by atoms with Crippen molar-refractivity contribution in [3.63, 3.8) is 0 Å². The zero-order valence-electron chi connectivity index (χ0n) is 22.1. The lowest BCUT2D eigenvalue weighted by Gasteiger charge is -2.48. The molecule has 40 heavy (non-hydrogen) atoms. The van der Waals surface area contributed by atoms with Crippen LogP contribution in [0.2, 0.25) is 0 Å². The third kappa shape index (κ3) is 3.82. The van der Waals surface area contributed by atoms with E-state index in [2.05, 4.69) is 20.1 Å². The highest BCUT2D eigenvalue weighted by Gasteiger charge is 2.49. The lowest BCUT2D eigenvalue weighted by Crippen LogP contribution is -2.67. The molecule has 7 nitrogen and oxygen atoms in total. The van der Waals surface area contributed by atoms with E-state index in [4.69, 9.17) is 9.72 Å². The molecule has 2 bridgehead atoms. The van der Waals surface area contributed by atoms with Crippen LogP contribution in [0, 0.1) is 5.82 Å². The predicted octanol–water partition coefficient (Wildman–Crippen LogP) is 4.80. The number of phenols is 1. The smallest absolute Gasteiger partial charge is 0.319 e. The van der Waals surface area contributed by atoms with Crippen molar-refractivity contribution in [2.75, 3.05) is 37.7 Å². The summed E-state index contributed by atoms with van der Waals surface area (Å²) in [5, 5.41) is 16.3. The Morgan fingerprint density at radius 1 is 1.02 bits per heavy atom. The molecule has 9 heteroatoms. The minimum absolute atomic E-state index is 0.0729. The van der Waals surface area contributed by atoms with Gasteiger partial charge in [-0.1, -0.05) is 30.3 Å². The Morgan fingerprint density at radius 2 is 1.85 bits per heavy atom. The number of hydrogen-bond donors (Lipinski definition) is 2. The first-order valence-corrected chi connectivity index (χ1v) is 14.2. The molecule has 5 fully saturated rings. The fraction of sp³-hybridized carbons (Fsp3) is 0.419. The standard InChI is InChI=1S/C31H31F2N5O2/c32-19-13-31(8-3-9-38(31)14-19)17-40-30-35-28-25(29(36-30)37-15-20-11-21(16-37)34-20)7-6-24(27(28)33)26-12-22(39)10-18-4-1-2-5-23(18)26/h1-2,4-7,10,12,19-21,34,39H,3,8-9,11,13-17H2/t19-,20-,21+,31+/m1/s1. The number of aromatic hydroxyl groups is 1. The summed E-state index contributed by atoms with van der Waals surface area (Å²) in [4.78, 5) is 13.8. The molecule has 206 valence electrons. The number of aromatic nitrogens is 2. The molecular weight excluding hydrogens is 512 g/mol. The molecule has 0 radical (unpaired) electrons. The van der Waals surface area contributed by atoms with E-state index in [1.165, 1.54) is 0 Å². The van der Waals surface area contributed by atoms with Crippen LogP contribution in [-0.4, -0.2) is 76.6 Å². The Morgan fingerprint density at radius 3 is 2.70 bits per heavy atom. The van der Waals surface area contributed by atoms with Crippen molar-refractivity contribution in [2.24, 2.45) is 0 Å². The molecule has 1 aromatic heterocycles. The van der Waals surface area contributed by atoms with Crippen LogP contribution in [0.1, 0.15) is 25.7 Å². The van der Waals surface area contributed by atoms with Crippen molar-refractivity contribution in [2.45, 2.75) is 49.5 Å². The number of halogens is 2. The Bertz CT molecular complexity index is 1630. The van der Waals surface area contributed by atoms with Crippen LogP contribution in [0.15, 0.2) is 48.5 Å². The van der Waals surface area contributed by atoms with Gasteiger partial charge in [-0.3, -0.25) is 4.90 Å². The van der Waals surface area contributed by atoms with E-state index in [0.717, 1.165) is 49.7 Å². The predicted molar refractivity (Wildman–Crippen MR) is 150 cm³/mol. The summed E-state index contributed by atoms with van der Waals surface area (Å²) < 4.78 is 37.1. The molecule has 2 N–H and O–H groups in total. The first-order chi connectivity index (χ1) is 19.5. The lowest BCUT2D eigenvalue weighted by atomic mass is 9.91. The maximum Gasteiger partial charge on any atom is 0.319 e. The van der Waals surface area contributed by atoms with E-state index < -0.39 is 12.0 Å². The SMILES string of the molecule is Oc1cc(-c2ccc3c(N4C[C@H]5C[C@@H](C4)N5)nc(OC[C@@]45CCCN4C[C@H](F)C5)nc3c2F)c2ccccc2c1. The van der Waals surface area contributed by atoms with Crippen LogP contribution in [0.25, 0.3) is 32.8 Å². The molecule has 0 amide bonds. The maximum atomic E-state index is 16.5. The third-order valence-corrected chi connectivity index (χ3v) is 9.36. The van der Waals surface area contributed by atoms with Crippen molar-refractivity contribution in [3.8, 4) is 22.9 Å². The van der Waals surface area contributed by atoms with Crippen molar-refractivity contribution in [3.05, 3.63) is 54.3 Å². The molecule has 5 saturated heterocycles. The summed E-state index contributed by atoms with van der Waals surface area (Å²) in [5.74, 6) is 0.258. The van der Waals surface area contributed by atoms with Crippen LogP contribution in [0.5, 0.6) is 11.8 Å². The van der Waals surface area contributed by atoms with Gasteiger partial charge in [-0.25, -0.2) is 8.78 Å². The van der Waals surface area contributed by atoms with E-state index in [1.54, 1.807) is 18.2 Å². The van der Waals surface area contributed by atoms with Gasteiger partial charge >= 0.3 is 6.01 Å². The highest BCUT2D eigenvalue weighted by molar-refractivity contribution is 6.01. The van der Waals surface area contributed by atoms with Gasteiger partial charge in [0.05, 0.1) is 5.54 Å². The fourth-order valence-electron chi connectivity index (χ4n) is 7.49. The second-order valence-corrected chi connectivity index (χ2v) is 11.9. The quantitative estimate of drug-likeness (QED) is 0.375. The van der Waals surface area contributed by atoms with Crippen molar-refractivity contribution < 1.29 is 18.6 Å². The zero-order valence-corrected chi connectivity index (χ0v) is 22.1. The number of piperazine rings is 1. The van der Waals surface area contributed by atoms with Gasteiger partial charge in [-0.15, -0.1) is 0 Å². The number of hydrogen-bond acceptors (Lipinski definition) is 7. The molecule has 0 aliphatic carbocycles. The average Bonchev–Trinajstić information content (AvgIpc) is 3.47. The van der Waals surface area contributed by atoms with Gasteiger partial charge in [0.15, 0.2) is 5.82 Å². The number of phenolic OH excluding ortho intramolecular Hbond substituents is 1. The summed E-state index contributed by atoms with van der Waals surface area (Å²) in [5.41, 5.74) is 0.791. The van der Waals surface area contributed by atoms with Crippen LogP contribution in [-0.2, 0) is 0 Å². The van der Waals surface area contributed by atoms with E-state index in [9.17, 15) is 9.50 Å². The van der Waals surface area contributed by atoms with Gasteiger partial charge in [0.1, 0.15) is 29.9 Å². The topological polar surface area (TPSA) is 73.8 Å². The van der Waals surface area contributed by atoms with E-state index in [1.807, 2.05) is 30.3 Å².